The molecule has 0 aliphatic carbocycles. The maximum atomic E-state index is 4.51. The number of nitrogens with one attached hydrogen (secondary N) is 1. The van der Waals surface area contributed by atoms with E-state index >= 15 is 0 Å². The summed E-state index contributed by atoms with van der Waals surface area (Å²) in [5, 5.41) is 8.11. The van der Waals surface area contributed by atoms with Gasteiger partial charge in [-0.2, -0.15) is 5.10 Å². The smallest absolute Gasteiger partial charge is 0.0628 e. The van der Waals surface area contributed by atoms with Crippen molar-refractivity contribution >= 4 is 0 Å². The minimum Gasteiger partial charge on any atom is -0.314 e. The third kappa shape index (κ3) is 4.14. The van der Waals surface area contributed by atoms with Gasteiger partial charge in [0.25, 0.3) is 0 Å². The molecule has 0 fully saturated rings. The van der Waals surface area contributed by atoms with E-state index in [9.17, 15) is 0 Å². The second-order valence-electron chi connectivity index (χ2n) is 5.63. The summed E-state index contributed by atoms with van der Waals surface area (Å²) in [6.45, 7) is 7.43. The van der Waals surface area contributed by atoms with Gasteiger partial charge in [-0.25, -0.2) is 0 Å². The van der Waals surface area contributed by atoms with E-state index in [1.807, 2.05) is 24.1 Å². The van der Waals surface area contributed by atoms with Gasteiger partial charge in [0, 0.05) is 31.2 Å². The van der Waals surface area contributed by atoms with Crippen LogP contribution in [0.4, 0.5) is 0 Å². The Labute approximate surface area is 127 Å². The van der Waals surface area contributed by atoms with Crippen LogP contribution >= 0.6 is 0 Å². The summed E-state index contributed by atoms with van der Waals surface area (Å²) >= 11 is 0. The quantitative estimate of drug-likeness (QED) is 0.850. The van der Waals surface area contributed by atoms with Gasteiger partial charge in [-0.1, -0.05) is 6.92 Å². The molecule has 2 aromatic heterocycles. The molecule has 0 aliphatic rings. The molecule has 0 aliphatic heterocycles. The highest BCUT2D eigenvalue weighted by atomic mass is 15.3. The zero-order valence-corrected chi connectivity index (χ0v) is 13.6. The van der Waals surface area contributed by atoms with Crippen LogP contribution in [-0.2, 0) is 19.9 Å². The Morgan fingerprint density at radius 3 is 2.52 bits per heavy atom. The topological polar surface area (TPSA) is 42.7 Å². The average molecular weight is 286 g/mol. The average Bonchev–Trinajstić information content (AvgIpc) is 2.71. The first kappa shape index (κ1) is 15.7. The van der Waals surface area contributed by atoms with Crippen LogP contribution in [0.15, 0.2) is 24.5 Å². The second-order valence-corrected chi connectivity index (χ2v) is 5.63. The van der Waals surface area contributed by atoms with Crippen molar-refractivity contribution in [2.24, 2.45) is 7.05 Å². The van der Waals surface area contributed by atoms with Crippen molar-refractivity contribution in [3.8, 4) is 0 Å². The second kappa shape index (κ2) is 7.36. The number of rotatable bonds is 7. The summed E-state index contributed by atoms with van der Waals surface area (Å²) in [4.78, 5) is 4.09. The molecule has 0 saturated carbocycles. The van der Waals surface area contributed by atoms with Crippen LogP contribution in [0.5, 0.6) is 0 Å². The predicted molar refractivity (Wildman–Crippen MR) is 86.4 cm³/mol. The van der Waals surface area contributed by atoms with Crippen molar-refractivity contribution in [2.45, 2.75) is 46.1 Å². The van der Waals surface area contributed by atoms with Crippen LogP contribution in [0.3, 0.4) is 0 Å². The highest BCUT2D eigenvalue weighted by molar-refractivity contribution is 5.24. The van der Waals surface area contributed by atoms with Crippen LogP contribution in [0.25, 0.3) is 0 Å². The molecule has 114 valence electrons. The molecule has 0 aromatic carbocycles. The Kier molecular flexibility index (Phi) is 5.51. The molecule has 0 bridgehead atoms. The zero-order chi connectivity index (χ0) is 15.2. The molecule has 4 heteroatoms. The van der Waals surface area contributed by atoms with E-state index in [2.05, 4.69) is 48.3 Å². The first-order valence-electron chi connectivity index (χ1n) is 7.73. The molecule has 0 spiro atoms. The van der Waals surface area contributed by atoms with E-state index < -0.39 is 0 Å². The number of likely N-dealkylation sites (N-methyl/N-ethyl adjacent to an activating group) is 1. The number of hydrogen-bond acceptors (Lipinski definition) is 3. The van der Waals surface area contributed by atoms with E-state index in [4.69, 9.17) is 0 Å². The Hall–Kier alpha value is -1.68. The molecule has 2 heterocycles. The van der Waals surface area contributed by atoms with Crippen LogP contribution < -0.4 is 5.32 Å². The van der Waals surface area contributed by atoms with Gasteiger partial charge in [-0.05, 0) is 62.9 Å². The lowest BCUT2D eigenvalue weighted by Crippen LogP contribution is -2.31. The lowest BCUT2D eigenvalue weighted by molar-refractivity contribution is 0.490. The maximum Gasteiger partial charge on any atom is 0.0628 e. The van der Waals surface area contributed by atoms with Crippen molar-refractivity contribution in [3.05, 3.63) is 47.0 Å². The van der Waals surface area contributed by atoms with Crippen molar-refractivity contribution in [3.63, 3.8) is 0 Å². The van der Waals surface area contributed by atoms with Crippen LogP contribution in [-0.4, -0.2) is 27.4 Å². The van der Waals surface area contributed by atoms with Crippen molar-refractivity contribution in [1.29, 1.82) is 0 Å². The predicted octanol–water partition coefficient (Wildman–Crippen LogP) is 2.59. The normalized spacial score (nSPS) is 12.6. The summed E-state index contributed by atoms with van der Waals surface area (Å²) < 4.78 is 1.98. The number of nitrogens with zero attached hydrogens (tertiary/aromatic N) is 3. The number of pyridine rings is 1. The van der Waals surface area contributed by atoms with Crippen molar-refractivity contribution < 1.29 is 0 Å². The molecule has 0 amide bonds. The first-order chi connectivity index (χ1) is 10.1. The summed E-state index contributed by atoms with van der Waals surface area (Å²) in [5.74, 6) is 0. The van der Waals surface area contributed by atoms with Gasteiger partial charge in [0.2, 0.25) is 0 Å². The van der Waals surface area contributed by atoms with Crippen LogP contribution in [0, 0.1) is 13.8 Å². The van der Waals surface area contributed by atoms with Gasteiger partial charge in [0.05, 0.1) is 5.69 Å². The number of aromatic nitrogens is 3. The molecular formula is C17H26N4. The van der Waals surface area contributed by atoms with Gasteiger partial charge in [-0.3, -0.25) is 9.67 Å². The molecule has 0 radical (unpaired) electrons. The summed E-state index contributed by atoms with van der Waals surface area (Å²) in [6, 6.07) is 4.70. The van der Waals surface area contributed by atoms with E-state index in [0.29, 0.717) is 6.04 Å². The molecule has 0 saturated heterocycles. The van der Waals surface area contributed by atoms with Crippen molar-refractivity contribution in [1.82, 2.24) is 20.1 Å². The Morgan fingerprint density at radius 2 is 1.95 bits per heavy atom. The van der Waals surface area contributed by atoms with E-state index in [0.717, 1.165) is 31.5 Å². The van der Waals surface area contributed by atoms with Crippen LogP contribution in [0.1, 0.15) is 35.9 Å². The van der Waals surface area contributed by atoms with Crippen molar-refractivity contribution in [2.75, 3.05) is 6.54 Å². The minimum atomic E-state index is 0.497. The van der Waals surface area contributed by atoms with Gasteiger partial charge in [0.15, 0.2) is 0 Å². The third-order valence-corrected chi connectivity index (χ3v) is 4.13. The molecule has 1 N–H and O–H groups in total. The number of aryl methyl sites for hydroxylation is 2. The Bertz CT molecular complexity index is 560. The van der Waals surface area contributed by atoms with E-state index in [1.165, 1.54) is 16.8 Å². The number of hydrogen-bond donors (Lipinski definition) is 1. The van der Waals surface area contributed by atoms with Gasteiger partial charge < -0.3 is 5.32 Å². The van der Waals surface area contributed by atoms with E-state index in [-0.39, 0.29) is 0 Å². The summed E-state index contributed by atoms with van der Waals surface area (Å²) in [5.41, 5.74) is 5.19. The zero-order valence-electron chi connectivity index (χ0n) is 13.6. The SMILES string of the molecule is CCNC(CCc1c(C)nn(C)c1C)Cc1ccncc1. The molecule has 4 nitrogen and oxygen atoms in total. The van der Waals surface area contributed by atoms with Gasteiger partial charge in [-0.15, -0.1) is 0 Å². The molecule has 1 atom stereocenters. The van der Waals surface area contributed by atoms with E-state index in [1.54, 1.807) is 0 Å². The minimum absolute atomic E-state index is 0.497. The van der Waals surface area contributed by atoms with Gasteiger partial charge >= 0.3 is 0 Å². The monoisotopic (exact) mass is 286 g/mol. The first-order valence-corrected chi connectivity index (χ1v) is 7.73. The molecule has 1 unspecified atom stereocenters. The fourth-order valence-electron chi connectivity index (χ4n) is 2.87. The lowest BCUT2D eigenvalue weighted by Gasteiger charge is -2.18. The largest absolute Gasteiger partial charge is 0.314 e. The highest BCUT2D eigenvalue weighted by Gasteiger charge is 2.13. The molecule has 2 rings (SSSR count). The molecule has 21 heavy (non-hydrogen) atoms. The maximum absolute atomic E-state index is 4.51. The Balaban J connectivity index is 2.00. The fraction of sp³-hybridized carbons (Fsp3) is 0.529. The third-order valence-electron chi connectivity index (χ3n) is 4.13. The van der Waals surface area contributed by atoms with Gasteiger partial charge in [0.1, 0.15) is 0 Å². The van der Waals surface area contributed by atoms with Crippen LogP contribution in [0.2, 0.25) is 0 Å². The summed E-state index contributed by atoms with van der Waals surface area (Å²) in [7, 11) is 2.02. The fourth-order valence-corrected chi connectivity index (χ4v) is 2.87. The highest BCUT2D eigenvalue weighted by Crippen LogP contribution is 2.16. The Morgan fingerprint density at radius 1 is 1.24 bits per heavy atom. The summed E-state index contributed by atoms with van der Waals surface area (Å²) in [6.07, 6.45) is 6.99. The molecule has 2 aromatic rings. The standard InChI is InChI=1S/C17H26N4/c1-5-19-16(12-15-8-10-18-11-9-15)6-7-17-13(2)20-21(4)14(17)3/h8-11,16,19H,5-7,12H2,1-4H3. The lowest BCUT2D eigenvalue weighted by atomic mass is 9.98. The molecular weight excluding hydrogens is 260 g/mol.